The van der Waals surface area contributed by atoms with E-state index in [0.717, 1.165) is 5.56 Å². The van der Waals surface area contributed by atoms with Crippen LogP contribution in [0.25, 0.3) is 0 Å². The van der Waals surface area contributed by atoms with Crippen molar-refractivity contribution in [3.05, 3.63) is 27.4 Å². The second-order valence-electron chi connectivity index (χ2n) is 5.58. The number of H-pyrrole nitrogens is 1. The molecule has 0 radical (unpaired) electrons. The van der Waals surface area contributed by atoms with Crippen molar-refractivity contribution in [2.24, 2.45) is 5.92 Å². The van der Waals surface area contributed by atoms with Crippen molar-refractivity contribution in [1.29, 1.82) is 0 Å². The number of aliphatic hydroxyl groups excluding tert-OH is 1. The largest absolute Gasteiger partial charge is 0.393 e. The molecule has 1 amide bonds. The molecule has 2 unspecified atom stereocenters. The highest BCUT2D eigenvalue weighted by Crippen LogP contribution is 2.18. The number of carbonyl (C=O) groups excluding carboxylic acids is 1. The maximum atomic E-state index is 12.3. The summed E-state index contributed by atoms with van der Waals surface area (Å²) in [4.78, 5) is 31.8. The second kappa shape index (κ2) is 5.75. The molecule has 6 heteroatoms. The molecular formula is C14H21N3O3. The standard InChI is InChI=1S/C14H21N3O3/c1-8-7-17(5-4-12(8)18)13(19)6-11-9(2)15-14(20)16-10(11)3/h8,12,18H,4-7H2,1-3H3,(H,15,16,20). The van der Waals surface area contributed by atoms with Crippen LogP contribution < -0.4 is 5.69 Å². The van der Waals surface area contributed by atoms with Crippen LogP contribution in [0.1, 0.15) is 30.3 Å². The van der Waals surface area contributed by atoms with Gasteiger partial charge >= 0.3 is 5.69 Å². The fraction of sp³-hybridized carbons (Fsp3) is 0.643. The average molecular weight is 279 g/mol. The Morgan fingerprint density at radius 2 is 2.20 bits per heavy atom. The van der Waals surface area contributed by atoms with E-state index in [1.807, 2.05) is 6.92 Å². The Morgan fingerprint density at radius 3 is 2.80 bits per heavy atom. The van der Waals surface area contributed by atoms with Crippen molar-refractivity contribution in [3.8, 4) is 0 Å². The molecule has 0 aliphatic carbocycles. The van der Waals surface area contributed by atoms with Gasteiger partial charge in [0, 0.05) is 30.0 Å². The Balaban J connectivity index is 2.11. The van der Waals surface area contributed by atoms with E-state index in [-0.39, 0.29) is 30.0 Å². The van der Waals surface area contributed by atoms with Gasteiger partial charge in [0.25, 0.3) is 0 Å². The molecule has 110 valence electrons. The van der Waals surface area contributed by atoms with Crippen LogP contribution in [0.15, 0.2) is 4.79 Å². The zero-order valence-corrected chi connectivity index (χ0v) is 12.1. The molecule has 1 saturated heterocycles. The first-order valence-electron chi connectivity index (χ1n) is 6.90. The molecule has 1 aliphatic rings. The van der Waals surface area contributed by atoms with Gasteiger partial charge in [-0.3, -0.25) is 4.79 Å². The normalized spacial score (nSPS) is 22.9. The average Bonchev–Trinajstić information content (AvgIpc) is 2.36. The van der Waals surface area contributed by atoms with E-state index in [0.29, 0.717) is 30.9 Å². The smallest absolute Gasteiger partial charge is 0.345 e. The number of carbonyl (C=O) groups is 1. The third-order valence-electron chi connectivity index (χ3n) is 3.99. The van der Waals surface area contributed by atoms with E-state index in [9.17, 15) is 14.7 Å². The number of nitrogens with one attached hydrogen (secondary N) is 1. The third kappa shape index (κ3) is 3.07. The Hall–Kier alpha value is -1.69. The van der Waals surface area contributed by atoms with Gasteiger partial charge in [-0.15, -0.1) is 0 Å². The van der Waals surface area contributed by atoms with E-state index in [1.165, 1.54) is 0 Å². The fourth-order valence-electron chi connectivity index (χ4n) is 2.64. The molecule has 2 heterocycles. The lowest BCUT2D eigenvalue weighted by Gasteiger charge is -2.34. The van der Waals surface area contributed by atoms with Gasteiger partial charge in [-0.05, 0) is 26.2 Å². The van der Waals surface area contributed by atoms with Crippen LogP contribution in [-0.4, -0.2) is 45.1 Å². The van der Waals surface area contributed by atoms with Crippen LogP contribution in [0.4, 0.5) is 0 Å². The summed E-state index contributed by atoms with van der Waals surface area (Å²) in [6.45, 7) is 6.63. The van der Waals surface area contributed by atoms with Crippen molar-refractivity contribution in [1.82, 2.24) is 14.9 Å². The van der Waals surface area contributed by atoms with Crippen molar-refractivity contribution in [2.45, 2.75) is 39.7 Å². The highest BCUT2D eigenvalue weighted by Gasteiger charge is 2.27. The predicted molar refractivity (Wildman–Crippen MR) is 74.4 cm³/mol. The summed E-state index contributed by atoms with van der Waals surface area (Å²) >= 11 is 0. The number of nitrogens with zero attached hydrogens (tertiary/aromatic N) is 2. The number of hydrogen-bond donors (Lipinski definition) is 2. The summed E-state index contributed by atoms with van der Waals surface area (Å²) in [6.07, 6.45) is 0.538. The number of aliphatic hydroxyl groups is 1. The molecule has 20 heavy (non-hydrogen) atoms. The number of rotatable bonds is 2. The van der Waals surface area contributed by atoms with Crippen LogP contribution in [0.2, 0.25) is 0 Å². The van der Waals surface area contributed by atoms with Gasteiger partial charge in [-0.2, -0.15) is 4.98 Å². The third-order valence-corrected chi connectivity index (χ3v) is 3.99. The predicted octanol–water partition coefficient (Wildman–Crippen LogP) is 0.159. The van der Waals surface area contributed by atoms with Crippen molar-refractivity contribution >= 4 is 5.91 Å². The Morgan fingerprint density at radius 1 is 1.50 bits per heavy atom. The highest BCUT2D eigenvalue weighted by atomic mass is 16.3. The molecule has 1 aliphatic heterocycles. The number of amides is 1. The zero-order chi connectivity index (χ0) is 14.9. The summed E-state index contributed by atoms with van der Waals surface area (Å²) in [5, 5.41) is 9.70. The van der Waals surface area contributed by atoms with Crippen molar-refractivity contribution in [2.75, 3.05) is 13.1 Å². The molecule has 1 fully saturated rings. The summed E-state index contributed by atoms with van der Waals surface area (Å²) in [6, 6.07) is 0. The lowest BCUT2D eigenvalue weighted by atomic mass is 9.96. The summed E-state index contributed by atoms with van der Waals surface area (Å²) in [5.74, 6) is 0.118. The van der Waals surface area contributed by atoms with E-state index in [1.54, 1.807) is 18.7 Å². The first kappa shape index (κ1) is 14.7. The van der Waals surface area contributed by atoms with Crippen LogP contribution in [-0.2, 0) is 11.2 Å². The molecule has 1 aromatic rings. The number of aromatic nitrogens is 2. The van der Waals surface area contributed by atoms with Gasteiger partial charge in [0.1, 0.15) is 0 Å². The molecular weight excluding hydrogens is 258 g/mol. The molecule has 0 saturated carbocycles. The number of piperidine rings is 1. The van der Waals surface area contributed by atoms with Gasteiger partial charge in [-0.1, -0.05) is 6.92 Å². The number of aryl methyl sites for hydroxylation is 2. The zero-order valence-electron chi connectivity index (χ0n) is 12.1. The summed E-state index contributed by atoms with van der Waals surface area (Å²) in [7, 11) is 0. The Bertz CT molecular complexity index is 541. The lowest BCUT2D eigenvalue weighted by Crippen LogP contribution is -2.45. The quantitative estimate of drug-likeness (QED) is 0.807. The van der Waals surface area contributed by atoms with Gasteiger partial charge < -0.3 is 15.0 Å². The fourth-order valence-corrected chi connectivity index (χ4v) is 2.64. The second-order valence-corrected chi connectivity index (χ2v) is 5.58. The van der Waals surface area contributed by atoms with Crippen LogP contribution in [0.5, 0.6) is 0 Å². The summed E-state index contributed by atoms with van der Waals surface area (Å²) in [5.41, 5.74) is 1.70. The van der Waals surface area contributed by atoms with Gasteiger partial charge in [0.15, 0.2) is 0 Å². The van der Waals surface area contributed by atoms with Crippen LogP contribution in [0, 0.1) is 19.8 Å². The van der Waals surface area contributed by atoms with Crippen molar-refractivity contribution < 1.29 is 9.90 Å². The monoisotopic (exact) mass is 279 g/mol. The first-order chi connectivity index (χ1) is 9.38. The molecule has 0 spiro atoms. The lowest BCUT2D eigenvalue weighted by molar-refractivity contribution is -0.134. The molecule has 2 rings (SSSR count). The van der Waals surface area contributed by atoms with Gasteiger partial charge in [0.2, 0.25) is 5.91 Å². The minimum Gasteiger partial charge on any atom is -0.393 e. The van der Waals surface area contributed by atoms with E-state index < -0.39 is 0 Å². The number of aromatic amines is 1. The van der Waals surface area contributed by atoms with E-state index in [2.05, 4.69) is 9.97 Å². The maximum Gasteiger partial charge on any atom is 0.345 e. The maximum absolute atomic E-state index is 12.3. The number of likely N-dealkylation sites (tertiary alicyclic amines) is 1. The minimum atomic E-state index is -0.383. The highest BCUT2D eigenvalue weighted by molar-refractivity contribution is 5.79. The van der Waals surface area contributed by atoms with E-state index >= 15 is 0 Å². The SMILES string of the molecule is Cc1nc(=O)[nH]c(C)c1CC(=O)N1CCC(O)C(C)C1. The molecule has 0 aromatic carbocycles. The Kier molecular flexibility index (Phi) is 4.23. The molecule has 1 aromatic heterocycles. The molecule has 2 N–H and O–H groups in total. The van der Waals surface area contributed by atoms with Gasteiger partial charge in [-0.25, -0.2) is 4.79 Å². The molecule has 6 nitrogen and oxygen atoms in total. The van der Waals surface area contributed by atoms with Crippen LogP contribution in [0.3, 0.4) is 0 Å². The Labute approximate surface area is 117 Å². The van der Waals surface area contributed by atoms with Crippen LogP contribution >= 0.6 is 0 Å². The molecule has 0 bridgehead atoms. The topological polar surface area (TPSA) is 86.3 Å². The first-order valence-corrected chi connectivity index (χ1v) is 6.90. The molecule has 2 atom stereocenters. The van der Waals surface area contributed by atoms with E-state index in [4.69, 9.17) is 0 Å². The van der Waals surface area contributed by atoms with Crippen molar-refractivity contribution in [3.63, 3.8) is 0 Å². The number of hydrogen-bond acceptors (Lipinski definition) is 4. The minimum absolute atomic E-state index is 0.0174. The van der Waals surface area contributed by atoms with Gasteiger partial charge in [0.05, 0.1) is 12.5 Å². The summed E-state index contributed by atoms with van der Waals surface area (Å²) < 4.78 is 0.